The maximum Gasteiger partial charge on any atom is 0.130 e. The average molecular weight is 249 g/mol. The van der Waals surface area contributed by atoms with Gasteiger partial charge in [0, 0.05) is 23.8 Å². The summed E-state index contributed by atoms with van der Waals surface area (Å²) in [5, 5.41) is 3.74. The van der Waals surface area contributed by atoms with Crippen molar-refractivity contribution in [3.8, 4) is 11.5 Å². The van der Waals surface area contributed by atoms with Gasteiger partial charge in [0.25, 0.3) is 0 Å². The molecule has 0 saturated carbocycles. The van der Waals surface area contributed by atoms with Crippen molar-refractivity contribution >= 4 is 11.6 Å². The minimum atomic E-state index is 0.697. The monoisotopic (exact) mass is 248 g/mol. The van der Waals surface area contributed by atoms with Crippen molar-refractivity contribution in [2.75, 3.05) is 7.05 Å². The first kappa shape index (κ1) is 11.9. The zero-order valence-corrected chi connectivity index (χ0v) is 10.2. The SMILES string of the molecule is CNCc1cc(Oc2ccc(Cl)cc2)ccn1. The van der Waals surface area contributed by atoms with Gasteiger partial charge in [-0.05, 0) is 37.4 Å². The second kappa shape index (κ2) is 5.66. The Morgan fingerprint density at radius 2 is 1.94 bits per heavy atom. The summed E-state index contributed by atoms with van der Waals surface area (Å²) >= 11 is 5.81. The van der Waals surface area contributed by atoms with Crippen LogP contribution >= 0.6 is 11.6 Å². The molecular formula is C13H13ClN2O. The van der Waals surface area contributed by atoms with E-state index in [1.165, 1.54) is 0 Å². The second-order valence-corrected chi connectivity index (χ2v) is 4.01. The topological polar surface area (TPSA) is 34.1 Å². The van der Waals surface area contributed by atoms with E-state index >= 15 is 0 Å². The van der Waals surface area contributed by atoms with Gasteiger partial charge >= 0.3 is 0 Å². The molecule has 4 heteroatoms. The lowest BCUT2D eigenvalue weighted by molar-refractivity contribution is 0.480. The van der Waals surface area contributed by atoms with Crippen LogP contribution in [0.1, 0.15) is 5.69 Å². The summed E-state index contributed by atoms with van der Waals surface area (Å²) in [5.41, 5.74) is 0.943. The van der Waals surface area contributed by atoms with Gasteiger partial charge in [0.2, 0.25) is 0 Å². The first-order chi connectivity index (χ1) is 8.28. The molecule has 1 N–H and O–H groups in total. The van der Waals surface area contributed by atoms with Gasteiger partial charge in [0.05, 0.1) is 5.69 Å². The Balaban J connectivity index is 2.12. The maximum atomic E-state index is 5.81. The van der Waals surface area contributed by atoms with Crippen LogP contribution in [-0.4, -0.2) is 12.0 Å². The van der Waals surface area contributed by atoms with Gasteiger partial charge < -0.3 is 10.1 Å². The highest BCUT2D eigenvalue weighted by atomic mass is 35.5. The van der Waals surface area contributed by atoms with E-state index in [2.05, 4.69) is 10.3 Å². The van der Waals surface area contributed by atoms with E-state index in [-0.39, 0.29) is 0 Å². The Morgan fingerprint density at radius 1 is 1.18 bits per heavy atom. The van der Waals surface area contributed by atoms with Crippen molar-refractivity contribution in [3.05, 3.63) is 53.3 Å². The molecule has 2 rings (SSSR count). The number of pyridine rings is 1. The van der Waals surface area contributed by atoms with Gasteiger partial charge in [-0.2, -0.15) is 0 Å². The summed E-state index contributed by atoms with van der Waals surface area (Å²) in [6.45, 7) is 0.720. The van der Waals surface area contributed by atoms with Crippen molar-refractivity contribution in [2.24, 2.45) is 0 Å². The van der Waals surface area contributed by atoms with Crippen LogP contribution in [0.2, 0.25) is 5.02 Å². The summed E-state index contributed by atoms with van der Waals surface area (Å²) in [6.07, 6.45) is 1.73. The highest BCUT2D eigenvalue weighted by Crippen LogP contribution is 2.22. The fraction of sp³-hybridized carbons (Fsp3) is 0.154. The molecule has 88 valence electrons. The van der Waals surface area contributed by atoms with Crippen molar-refractivity contribution in [1.29, 1.82) is 0 Å². The number of aromatic nitrogens is 1. The van der Waals surface area contributed by atoms with Crippen LogP contribution in [0.25, 0.3) is 0 Å². The highest BCUT2D eigenvalue weighted by molar-refractivity contribution is 6.30. The van der Waals surface area contributed by atoms with Crippen LogP contribution < -0.4 is 10.1 Å². The molecule has 1 aromatic carbocycles. The Bertz CT molecular complexity index is 485. The molecule has 0 aliphatic rings. The number of hydrogen-bond donors (Lipinski definition) is 1. The maximum absolute atomic E-state index is 5.81. The van der Waals surface area contributed by atoms with Crippen LogP contribution in [0, 0.1) is 0 Å². The predicted molar refractivity (Wildman–Crippen MR) is 68.5 cm³/mol. The zero-order chi connectivity index (χ0) is 12.1. The average Bonchev–Trinajstić information content (AvgIpc) is 2.33. The fourth-order valence-corrected chi connectivity index (χ4v) is 1.56. The molecular weight excluding hydrogens is 236 g/mol. The summed E-state index contributed by atoms with van der Waals surface area (Å²) in [4.78, 5) is 4.22. The lowest BCUT2D eigenvalue weighted by atomic mass is 10.3. The molecule has 3 nitrogen and oxygen atoms in total. The largest absolute Gasteiger partial charge is 0.457 e. The van der Waals surface area contributed by atoms with Crippen LogP contribution in [-0.2, 0) is 6.54 Å². The molecule has 0 bridgehead atoms. The molecule has 0 aliphatic carbocycles. The lowest BCUT2D eigenvalue weighted by Gasteiger charge is -2.07. The Morgan fingerprint density at radius 3 is 2.65 bits per heavy atom. The molecule has 0 unspecified atom stereocenters. The molecule has 0 saturated heterocycles. The van der Waals surface area contributed by atoms with Crippen LogP contribution in [0.5, 0.6) is 11.5 Å². The number of halogens is 1. The third-order valence-corrected chi connectivity index (χ3v) is 2.45. The molecule has 0 amide bonds. The van der Waals surface area contributed by atoms with E-state index in [9.17, 15) is 0 Å². The van der Waals surface area contributed by atoms with Crippen molar-refractivity contribution in [1.82, 2.24) is 10.3 Å². The fourth-order valence-electron chi connectivity index (χ4n) is 1.44. The number of hydrogen-bond acceptors (Lipinski definition) is 3. The van der Waals surface area contributed by atoms with Crippen LogP contribution in [0.4, 0.5) is 0 Å². The number of benzene rings is 1. The number of nitrogens with zero attached hydrogens (tertiary/aromatic N) is 1. The van der Waals surface area contributed by atoms with Gasteiger partial charge in [0.15, 0.2) is 0 Å². The number of ether oxygens (including phenoxy) is 1. The van der Waals surface area contributed by atoms with E-state index < -0.39 is 0 Å². The van der Waals surface area contributed by atoms with E-state index in [4.69, 9.17) is 16.3 Å². The summed E-state index contributed by atoms with van der Waals surface area (Å²) in [7, 11) is 1.88. The quantitative estimate of drug-likeness (QED) is 0.902. The molecule has 1 heterocycles. The summed E-state index contributed by atoms with van der Waals surface area (Å²) < 4.78 is 5.69. The molecule has 1 aromatic heterocycles. The van der Waals surface area contributed by atoms with Gasteiger partial charge in [-0.15, -0.1) is 0 Å². The van der Waals surface area contributed by atoms with Crippen molar-refractivity contribution < 1.29 is 4.74 Å². The zero-order valence-electron chi connectivity index (χ0n) is 9.48. The minimum Gasteiger partial charge on any atom is -0.457 e. The van der Waals surface area contributed by atoms with E-state index in [0.717, 1.165) is 23.7 Å². The minimum absolute atomic E-state index is 0.697. The standard InChI is InChI=1S/C13H13ClN2O/c1-15-9-11-8-13(6-7-16-11)17-12-4-2-10(14)3-5-12/h2-8,15H,9H2,1H3. The highest BCUT2D eigenvalue weighted by Gasteiger charge is 1.99. The van der Waals surface area contributed by atoms with E-state index in [0.29, 0.717) is 5.02 Å². The Kier molecular flexibility index (Phi) is 3.96. The molecule has 0 fully saturated rings. The third kappa shape index (κ3) is 3.44. The first-order valence-corrected chi connectivity index (χ1v) is 5.68. The van der Waals surface area contributed by atoms with Gasteiger partial charge in [-0.3, -0.25) is 4.98 Å². The van der Waals surface area contributed by atoms with Crippen molar-refractivity contribution in [3.63, 3.8) is 0 Å². The van der Waals surface area contributed by atoms with E-state index in [1.54, 1.807) is 18.3 Å². The molecule has 2 aromatic rings. The van der Waals surface area contributed by atoms with Crippen molar-refractivity contribution in [2.45, 2.75) is 6.54 Å². The second-order valence-electron chi connectivity index (χ2n) is 3.57. The smallest absolute Gasteiger partial charge is 0.130 e. The lowest BCUT2D eigenvalue weighted by Crippen LogP contribution is -2.06. The van der Waals surface area contributed by atoms with Gasteiger partial charge in [-0.1, -0.05) is 11.6 Å². The van der Waals surface area contributed by atoms with E-state index in [1.807, 2.05) is 31.3 Å². The van der Waals surface area contributed by atoms with Crippen LogP contribution in [0.3, 0.4) is 0 Å². The third-order valence-electron chi connectivity index (χ3n) is 2.20. The Hall–Kier alpha value is -1.58. The van der Waals surface area contributed by atoms with Gasteiger partial charge in [-0.25, -0.2) is 0 Å². The molecule has 0 spiro atoms. The normalized spacial score (nSPS) is 10.2. The summed E-state index contributed by atoms with van der Waals surface area (Å²) in [5.74, 6) is 1.53. The molecule has 0 atom stereocenters. The molecule has 0 aliphatic heterocycles. The first-order valence-electron chi connectivity index (χ1n) is 5.31. The molecule has 17 heavy (non-hydrogen) atoms. The summed E-state index contributed by atoms with van der Waals surface area (Å²) in [6, 6.07) is 11.0. The van der Waals surface area contributed by atoms with Crippen LogP contribution in [0.15, 0.2) is 42.6 Å². The van der Waals surface area contributed by atoms with Gasteiger partial charge in [0.1, 0.15) is 11.5 Å². The number of nitrogens with one attached hydrogen (secondary N) is 1. The predicted octanol–water partition coefficient (Wildman–Crippen LogP) is 3.25. The number of rotatable bonds is 4. The Labute approximate surface area is 105 Å². The molecule has 0 radical (unpaired) electrons.